The number of hydrogen-bond donors (Lipinski definition) is 0. The maximum atomic E-state index is 12.7. The molecular formula is C13H19O3P. The second kappa shape index (κ2) is 4.47. The fraction of sp³-hybridized carbons (Fsp3) is 0.538. The van der Waals surface area contributed by atoms with Gasteiger partial charge < -0.3 is 4.52 Å². The Morgan fingerprint density at radius 3 is 2.65 bits per heavy atom. The monoisotopic (exact) mass is 254 g/mol. The molecule has 17 heavy (non-hydrogen) atoms. The molecular weight excluding hydrogens is 235 g/mol. The van der Waals surface area contributed by atoms with Crippen LogP contribution in [0.5, 0.6) is 5.75 Å². The maximum absolute atomic E-state index is 12.7. The van der Waals surface area contributed by atoms with Crippen LogP contribution in [0, 0.1) is 0 Å². The Balaban J connectivity index is 2.40. The molecule has 0 radical (unpaired) electrons. The number of aryl methyl sites for hydroxylation is 1. The molecule has 1 aromatic carbocycles. The predicted octanol–water partition coefficient (Wildman–Crippen LogP) is 4.02. The van der Waals surface area contributed by atoms with Gasteiger partial charge in [0.05, 0.1) is 11.8 Å². The predicted molar refractivity (Wildman–Crippen MR) is 68.7 cm³/mol. The molecule has 0 aromatic heterocycles. The molecule has 0 saturated heterocycles. The number of hydrogen-bond acceptors (Lipinski definition) is 3. The lowest BCUT2D eigenvalue weighted by atomic mass is 10.1. The van der Waals surface area contributed by atoms with E-state index in [1.54, 1.807) is 0 Å². The zero-order valence-corrected chi connectivity index (χ0v) is 11.5. The summed E-state index contributed by atoms with van der Waals surface area (Å²) in [6.45, 7) is 6.15. The Bertz CT molecular complexity index is 448. The molecule has 0 N–H and O–H groups in total. The van der Waals surface area contributed by atoms with Crippen molar-refractivity contribution >= 4 is 7.60 Å². The molecule has 1 unspecified atom stereocenters. The maximum Gasteiger partial charge on any atom is 0.384 e. The summed E-state index contributed by atoms with van der Waals surface area (Å²) in [5.74, 6) is 0.699. The summed E-state index contributed by atoms with van der Waals surface area (Å²) in [6, 6.07) is 7.76. The van der Waals surface area contributed by atoms with Gasteiger partial charge in [0.15, 0.2) is 0 Å². The number of benzene rings is 1. The van der Waals surface area contributed by atoms with E-state index in [0.29, 0.717) is 12.4 Å². The molecule has 0 aliphatic carbocycles. The summed E-state index contributed by atoms with van der Waals surface area (Å²) in [7, 11) is -3.10. The van der Waals surface area contributed by atoms with Gasteiger partial charge in [-0.3, -0.25) is 4.52 Å². The Morgan fingerprint density at radius 2 is 1.94 bits per heavy atom. The number of rotatable bonds is 0. The third kappa shape index (κ3) is 2.56. The van der Waals surface area contributed by atoms with E-state index in [1.165, 1.54) is 0 Å². The van der Waals surface area contributed by atoms with Gasteiger partial charge in [-0.25, -0.2) is 4.57 Å². The van der Waals surface area contributed by atoms with Crippen LogP contribution in [-0.4, -0.2) is 11.8 Å². The van der Waals surface area contributed by atoms with Crippen molar-refractivity contribution < 1.29 is 13.6 Å². The smallest absolute Gasteiger partial charge is 0.384 e. The van der Waals surface area contributed by atoms with Crippen LogP contribution in [0.2, 0.25) is 0 Å². The number of fused-ring (bicyclic) bond motifs is 1. The summed E-state index contributed by atoms with van der Waals surface area (Å²) in [4.78, 5) is 0. The number of para-hydroxylation sites is 1. The van der Waals surface area contributed by atoms with Gasteiger partial charge in [-0.15, -0.1) is 0 Å². The highest BCUT2D eigenvalue weighted by Crippen LogP contribution is 2.60. The van der Waals surface area contributed by atoms with Crippen molar-refractivity contribution in [2.75, 3.05) is 6.61 Å². The van der Waals surface area contributed by atoms with Crippen molar-refractivity contribution in [1.29, 1.82) is 0 Å². The normalized spacial score (nSPS) is 25.4. The van der Waals surface area contributed by atoms with E-state index in [2.05, 4.69) is 0 Å². The van der Waals surface area contributed by atoms with Crippen molar-refractivity contribution in [3.8, 4) is 5.75 Å². The Kier molecular flexibility index (Phi) is 3.33. The first kappa shape index (κ1) is 12.7. The molecule has 4 heteroatoms. The van der Waals surface area contributed by atoms with E-state index in [0.717, 1.165) is 18.4 Å². The Labute approximate surface area is 103 Å². The van der Waals surface area contributed by atoms with Gasteiger partial charge in [-0.1, -0.05) is 18.2 Å². The van der Waals surface area contributed by atoms with Crippen LogP contribution in [0.25, 0.3) is 0 Å². The molecule has 0 amide bonds. The Morgan fingerprint density at radius 1 is 1.24 bits per heavy atom. The Hall–Kier alpha value is -0.790. The molecule has 0 fully saturated rings. The summed E-state index contributed by atoms with van der Waals surface area (Å²) in [5, 5.41) is -0.503. The average Bonchev–Trinajstić information content (AvgIpc) is 2.22. The van der Waals surface area contributed by atoms with Gasteiger partial charge in [0.2, 0.25) is 0 Å². The van der Waals surface area contributed by atoms with Gasteiger partial charge in [0, 0.05) is 0 Å². The van der Waals surface area contributed by atoms with E-state index in [1.807, 2.05) is 45.0 Å². The van der Waals surface area contributed by atoms with Crippen LogP contribution in [0.1, 0.15) is 32.8 Å². The minimum absolute atomic E-state index is 0.489. The quantitative estimate of drug-likeness (QED) is 0.656. The summed E-state index contributed by atoms with van der Waals surface area (Å²) in [5.41, 5.74) is 1.11. The van der Waals surface area contributed by atoms with Crippen LogP contribution in [-0.2, 0) is 15.5 Å². The molecule has 0 spiro atoms. The second-order valence-corrected chi connectivity index (χ2v) is 8.08. The first-order valence-corrected chi connectivity index (χ1v) is 7.49. The largest absolute Gasteiger partial charge is 0.424 e. The molecule has 0 bridgehead atoms. The van der Waals surface area contributed by atoms with Crippen molar-refractivity contribution in [1.82, 2.24) is 0 Å². The molecule has 1 atom stereocenters. The first-order chi connectivity index (χ1) is 7.92. The lowest BCUT2D eigenvalue weighted by molar-refractivity contribution is 0.237. The molecule has 1 aromatic rings. The van der Waals surface area contributed by atoms with E-state index >= 15 is 0 Å². The molecule has 0 saturated carbocycles. The zero-order valence-electron chi connectivity index (χ0n) is 10.6. The molecule has 3 nitrogen and oxygen atoms in total. The molecule has 1 aliphatic rings. The minimum Gasteiger partial charge on any atom is -0.424 e. The van der Waals surface area contributed by atoms with Crippen LogP contribution in [0.4, 0.5) is 0 Å². The van der Waals surface area contributed by atoms with Gasteiger partial charge in [-0.05, 0) is 45.2 Å². The second-order valence-electron chi connectivity index (χ2n) is 5.30. The standard InChI is InChI=1S/C13H19O3P/c1-13(2,3)17(14)15-10-6-8-11-7-4-5-9-12(11)16-17/h4-5,7,9H,6,8,10H2,1-3H3. The van der Waals surface area contributed by atoms with E-state index in [4.69, 9.17) is 9.05 Å². The molecule has 1 heterocycles. The van der Waals surface area contributed by atoms with E-state index in [9.17, 15) is 4.57 Å². The summed E-state index contributed by atoms with van der Waals surface area (Å²) in [6.07, 6.45) is 1.78. The van der Waals surface area contributed by atoms with Gasteiger partial charge in [-0.2, -0.15) is 0 Å². The highest BCUT2D eigenvalue weighted by molar-refractivity contribution is 7.55. The van der Waals surface area contributed by atoms with E-state index in [-0.39, 0.29) is 0 Å². The topological polar surface area (TPSA) is 35.5 Å². The lowest BCUT2D eigenvalue weighted by Gasteiger charge is -2.32. The van der Waals surface area contributed by atoms with Crippen LogP contribution in [0.15, 0.2) is 24.3 Å². The SMILES string of the molecule is CC(C)(C)P1(=O)OCCCc2ccccc2O1. The first-order valence-electron chi connectivity index (χ1n) is 5.95. The van der Waals surface area contributed by atoms with Gasteiger partial charge in [0.1, 0.15) is 5.75 Å². The third-order valence-electron chi connectivity index (χ3n) is 2.86. The molecule has 1 aliphatic heterocycles. The van der Waals surface area contributed by atoms with Crippen molar-refractivity contribution in [2.24, 2.45) is 0 Å². The fourth-order valence-corrected chi connectivity index (χ4v) is 3.25. The van der Waals surface area contributed by atoms with Crippen molar-refractivity contribution in [3.63, 3.8) is 0 Å². The van der Waals surface area contributed by atoms with Crippen LogP contribution < -0.4 is 4.52 Å². The van der Waals surface area contributed by atoms with Gasteiger partial charge in [0.25, 0.3) is 0 Å². The lowest BCUT2D eigenvalue weighted by Crippen LogP contribution is -2.22. The minimum atomic E-state index is -3.10. The summed E-state index contributed by atoms with van der Waals surface area (Å²) >= 11 is 0. The zero-order chi connectivity index (χ0) is 12.5. The van der Waals surface area contributed by atoms with Crippen molar-refractivity contribution in [2.45, 2.75) is 38.8 Å². The highest BCUT2D eigenvalue weighted by atomic mass is 31.2. The van der Waals surface area contributed by atoms with Crippen molar-refractivity contribution in [3.05, 3.63) is 29.8 Å². The van der Waals surface area contributed by atoms with Gasteiger partial charge >= 0.3 is 7.60 Å². The van der Waals surface area contributed by atoms with Crippen LogP contribution >= 0.6 is 7.60 Å². The third-order valence-corrected chi connectivity index (χ3v) is 5.47. The highest BCUT2D eigenvalue weighted by Gasteiger charge is 2.42. The molecule has 94 valence electrons. The van der Waals surface area contributed by atoms with Crippen LogP contribution in [0.3, 0.4) is 0 Å². The van der Waals surface area contributed by atoms with E-state index < -0.39 is 12.8 Å². The molecule has 2 rings (SSSR count). The fourth-order valence-electron chi connectivity index (χ4n) is 1.73. The summed E-state index contributed by atoms with van der Waals surface area (Å²) < 4.78 is 24.0. The average molecular weight is 254 g/mol.